The van der Waals surface area contributed by atoms with E-state index in [4.69, 9.17) is 0 Å². The number of carbonyl (C=O) groups excluding carboxylic acids is 1. The lowest BCUT2D eigenvalue weighted by atomic mass is 10.2. The van der Waals surface area contributed by atoms with E-state index in [9.17, 15) is 4.79 Å². The molecule has 0 fully saturated rings. The van der Waals surface area contributed by atoms with Crippen molar-refractivity contribution in [2.75, 3.05) is 30.8 Å². The monoisotopic (exact) mass is 328 g/mol. The molecule has 1 amide bonds. The van der Waals surface area contributed by atoms with Gasteiger partial charge in [-0.25, -0.2) is 0 Å². The highest BCUT2D eigenvalue weighted by Crippen LogP contribution is 2.13. The number of para-hydroxylation sites is 1. The minimum Gasteiger partial charge on any atom is -0.373 e. The second-order valence-electron chi connectivity index (χ2n) is 5.59. The molecule has 0 heterocycles. The Hall–Kier alpha value is -1.94. The third kappa shape index (κ3) is 6.37. The molecule has 23 heavy (non-hydrogen) atoms. The van der Waals surface area contributed by atoms with Crippen molar-refractivity contribution in [3.05, 3.63) is 65.7 Å². The molecule has 0 bridgehead atoms. The summed E-state index contributed by atoms with van der Waals surface area (Å²) in [4.78, 5) is 14.0. The third-order valence-electron chi connectivity index (χ3n) is 3.59. The van der Waals surface area contributed by atoms with Crippen LogP contribution in [0.1, 0.15) is 11.1 Å². The molecule has 0 unspecified atom stereocenters. The van der Waals surface area contributed by atoms with Gasteiger partial charge in [-0.15, -0.1) is 11.8 Å². The van der Waals surface area contributed by atoms with Gasteiger partial charge in [0.15, 0.2) is 0 Å². The van der Waals surface area contributed by atoms with Crippen LogP contribution in [0.4, 0.5) is 5.69 Å². The van der Waals surface area contributed by atoms with E-state index in [-0.39, 0.29) is 5.91 Å². The van der Waals surface area contributed by atoms with E-state index >= 15 is 0 Å². The van der Waals surface area contributed by atoms with Crippen LogP contribution in [0, 0.1) is 6.92 Å². The zero-order chi connectivity index (χ0) is 16.5. The van der Waals surface area contributed by atoms with Crippen molar-refractivity contribution in [1.29, 1.82) is 0 Å². The molecule has 122 valence electrons. The number of hydrogen-bond donors (Lipinski definition) is 1. The van der Waals surface area contributed by atoms with Gasteiger partial charge in [0.2, 0.25) is 5.91 Å². The molecule has 2 aromatic carbocycles. The zero-order valence-corrected chi connectivity index (χ0v) is 14.6. The number of hydrogen-bond acceptors (Lipinski definition) is 3. The van der Waals surface area contributed by atoms with E-state index in [1.807, 2.05) is 25.2 Å². The fourth-order valence-electron chi connectivity index (χ4n) is 2.17. The number of benzene rings is 2. The first kappa shape index (κ1) is 17.4. The van der Waals surface area contributed by atoms with Gasteiger partial charge in [0, 0.05) is 31.6 Å². The van der Waals surface area contributed by atoms with Crippen LogP contribution in [-0.4, -0.2) is 31.8 Å². The Morgan fingerprint density at radius 2 is 1.78 bits per heavy atom. The highest BCUT2D eigenvalue weighted by molar-refractivity contribution is 7.99. The van der Waals surface area contributed by atoms with Crippen molar-refractivity contribution in [3.8, 4) is 0 Å². The van der Waals surface area contributed by atoms with E-state index in [2.05, 4.69) is 53.5 Å². The first-order chi connectivity index (χ1) is 11.1. The minimum absolute atomic E-state index is 0.101. The maximum atomic E-state index is 11.9. The second-order valence-corrected chi connectivity index (χ2v) is 6.57. The summed E-state index contributed by atoms with van der Waals surface area (Å²) in [5, 5.41) is 2.98. The maximum absolute atomic E-state index is 11.9. The van der Waals surface area contributed by atoms with Crippen LogP contribution >= 0.6 is 11.8 Å². The van der Waals surface area contributed by atoms with Gasteiger partial charge in [-0.05, 0) is 24.6 Å². The first-order valence-corrected chi connectivity index (χ1v) is 8.97. The number of amides is 1. The van der Waals surface area contributed by atoms with Crippen LogP contribution in [-0.2, 0) is 10.5 Å². The molecule has 0 spiro atoms. The lowest BCUT2D eigenvalue weighted by Gasteiger charge is -2.19. The molecule has 0 aromatic heterocycles. The van der Waals surface area contributed by atoms with Gasteiger partial charge in [-0.2, -0.15) is 0 Å². The number of thioether (sulfide) groups is 1. The Morgan fingerprint density at radius 1 is 1.09 bits per heavy atom. The first-order valence-electron chi connectivity index (χ1n) is 7.81. The molecular weight excluding hydrogens is 304 g/mol. The number of carbonyl (C=O) groups is 1. The summed E-state index contributed by atoms with van der Waals surface area (Å²) in [6.07, 6.45) is 0. The van der Waals surface area contributed by atoms with E-state index in [0.29, 0.717) is 12.3 Å². The molecular formula is C19H24N2OS. The highest BCUT2D eigenvalue weighted by atomic mass is 32.2. The number of nitrogens with one attached hydrogen (secondary N) is 1. The van der Waals surface area contributed by atoms with E-state index in [0.717, 1.165) is 18.0 Å². The quantitative estimate of drug-likeness (QED) is 0.805. The normalized spacial score (nSPS) is 10.3. The van der Waals surface area contributed by atoms with Gasteiger partial charge in [-0.1, -0.05) is 48.0 Å². The van der Waals surface area contributed by atoms with Crippen molar-refractivity contribution in [3.63, 3.8) is 0 Å². The number of anilines is 1. The molecule has 4 heteroatoms. The van der Waals surface area contributed by atoms with Crippen LogP contribution < -0.4 is 10.2 Å². The average Bonchev–Trinajstić information content (AvgIpc) is 2.57. The van der Waals surface area contributed by atoms with Crippen molar-refractivity contribution in [1.82, 2.24) is 5.32 Å². The van der Waals surface area contributed by atoms with Crippen LogP contribution in [0.15, 0.2) is 54.6 Å². The predicted octanol–water partition coefficient (Wildman–Crippen LogP) is 3.48. The Kier molecular flexibility index (Phi) is 7.01. The van der Waals surface area contributed by atoms with Crippen LogP contribution in [0.25, 0.3) is 0 Å². The Labute approximate surface area is 143 Å². The number of nitrogens with zero attached hydrogens (tertiary/aromatic N) is 1. The smallest absolute Gasteiger partial charge is 0.230 e. The molecule has 1 N–H and O–H groups in total. The molecule has 3 nitrogen and oxygen atoms in total. The summed E-state index contributed by atoms with van der Waals surface area (Å²) in [6.45, 7) is 3.55. The van der Waals surface area contributed by atoms with Crippen LogP contribution in [0.5, 0.6) is 0 Å². The van der Waals surface area contributed by atoms with Crippen LogP contribution in [0.3, 0.4) is 0 Å². The molecule has 0 saturated carbocycles. The van der Waals surface area contributed by atoms with Gasteiger partial charge in [0.05, 0.1) is 5.75 Å². The fraction of sp³-hybridized carbons (Fsp3) is 0.316. The van der Waals surface area contributed by atoms with Crippen molar-refractivity contribution in [2.45, 2.75) is 12.7 Å². The van der Waals surface area contributed by atoms with Gasteiger partial charge in [0.25, 0.3) is 0 Å². The fourth-order valence-corrected chi connectivity index (χ4v) is 2.99. The topological polar surface area (TPSA) is 32.3 Å². The average molecular weight is 328 g/mol. The summed E-state index contributed by atoms with van der Waals surface area (Å²) in [7, 11) is 2.04. The molecule has 0 aliphatic heterocycles. The zero-order valence-electron chi connectivity index (χ0n) is 13.8. The summed E-state index contributed by atoms with van der Waals surface area (Å²) in [5.41, 5.74) is 3.69. The number of rotatable bonds is 8. The Balaban J connectivity index is 1.61. The summed E-state index contributed by atoms with van der Waals surface area (Å²) in [5.74, 6) is 1.48. The molecule has 0 atom stereocenters. The lowest BCUT2D eigenvalue weighted by Crippen LogP contribution is -2.33. The van der Waals surface area contributed by atoms with Crippen molar-refractivity contribution >= 4 is 23.4 Å². The summed E-state index contributed by atoms with van der Waals surface area (Å²) < 4.78 is 0. The Bertz CT molecular complexity index is 599. The van der Waals surface area contributed by atoms with Crippen LogP contribution in [0.2, 0.25) is 0 Å². The molecule has 0 saturated heterocycles. The summed E-state index contributed by atoms with van der Waals surface area (Å²) >= 11 is 1.65. The molecule has 0 aliphatic rings. The van der Waals surface area contributed by atoms with Gasteiger partial charge < -0.3 is 10.2 Å². The Morgan fingerprint density at radius 3 is 2.48 bits per heavy atom. The largest absolute Gasteiger partial charge is 0.373 e. The molecule has 2 aromatic rings. The lowest BCUT2D eigenvalue weighted by molar-refractivity contribution is -0.118. The van der Waals surface area contributed by atoms with Gasteiger partial charge >= 0.3 is 0 Å². The standard InChI is InChI=1S/C19H24N2OS/c1-16-8-10-17(11-9-16)14-23-15-19(22)20-12-13-21(2)18-6-4-3-5-7-18/h3-11H,12-15H2,1-2H3,(H,20,22). The third-order valence-corrected chi connectivity index (χ3v) is 4.59. The molecule has 2 rings (SSSR count). The molecule has 0 aliphatic carbocycles. The van der Waals surface area contributed by atoms with E-state index in [1.54, 1.807) is 11.8 Å². The minimum atomic E-state index is 0.101. The SMILES string of the molecule is Cc1ccc(CSCC(=O)NCCN(C)c2ccccc2)cc1. The highest BCUT2D eigenvalue weighted by Gasteiger charge is 2.03. The van der Waals surface area contributed by atoms with Crippen molar-refractivity contribution < 1.29 is 4.79 Å². The summed E-state index contributed by atoms with van der Waals surface area (Å²) in [6, 6.07) is 18.6. The maximum Gasteiger partial charge on any atom is 0.230 e. The predicted molar refractivity (Wildman–Crippen MR) is 100 cm³/mol. The van der Waals surface area contributed by atoms with Gasteiger partial charge in [0.1, 0.15) is 0 Å². The van der Waals surface area contributed by atoms with E-state index in [1.165, 1.54) is 11.1 Å². The second kappa shape index (κ2) is 9.26. The molecule has 0 radical (unpaired) electrons. The van der Waals surface area contributed by atoms with Gasteiger partial charge in [-0.3, -0.25) is 4.79 Å². The number of aryl methyl sites for hydroxylation is 1. The van der Waals surface area contributed by atoms with Crippen molar-refractivity contribution in [2.24, 2.45) is 0 Å². The van der Waals surface area contributed by atoms with E-state index < -0.39 is 0 Å². The number of likely N-dealkylation sites (N-methyl/N-ethyl adjacent to an activating group) is 1.